The van der Waals surface area contributed by atoms with E-state index in [9.17, 15) is 0 Å². The minimum atomic E-state index is 0.170. The lowest BCUT2D eigenvalue weighted by Crippen LogP contribution is -2.25. The molecule has 0 heterocycles. The van der Waals surface area contributed by atoms with E-state index in [1.165, 1.54) is 25.7 Å². The van der Waals surface area contributed by atoms with Crippen LogP contribution in [0.3, 0.4) is 0 Å². The summed E-state index contributed by atoms with van der Waals surface area (Å²) in [7, 11) is 0. The van der Waals surface area contributed by atoms with Crippen LogP contribution in [0.5, 0.6) is 0 Å². The Hall–Kier alpha value is -0.440. The second kappa shape index (κ2) is 5.25. The van der Waals surface area contributed by atoms with Crippen LogP contribution in [0.4, 0.5) is 0 Å². The van der Waals surface area contributed by atoms with Crippen molar-refractivity contribution in [3.05, 3.63) is 0 Å². The molecule has 0 spiro atoms. The van der Waals surface area contributed by atoms with Gasteiger partial charge in [0.1, 0.15) is 0 Å². The van der Waals surface area contributed by atoms with Gasteiger partial charge in [0.05, 0.1) is 0 Å². The zero-order valence-corrected chi connectivity index (χ0v) is 8.98. The Morgan fingerprint density at radius 3 is 1.75 bits per heavy atom. The molecule has 12 heavy (non-hydrogen) atoms. The van der Waals surface area contributed by atoms with Gasteiger partial charge in [-0.05, 0) is 18.8 Å². The Kier molecular flexibility index (Phi) is 5.06. The average Bonchev–Trinajstić information content (AvgIpc) is 2.03. The van der Waals surface area contributed by atoms with E-state index in [0.717, 1.165) is 0 Å². The summed E-state index contributed by atoms with van der Waals surface area (Å²) in [6.45, 7) is 8.91. The van der Waals surface area contributed by atoms with E-state index < -0.39 is 0 Å². The van der Waals surface area contributed by atoms with Crippen LogP contribution in [0.1, 0.15) is 53.4 Å². The van der Waals surface area contributed by atoms with Crippen molar-refractivity contribution in [2.24, 2.45) is 11.3 Å². The Morgan fingerprint density at radius 2 is 1.58 bits per heavy atom. The predicted molar refractivity (Wildman–Crippen MR) is 55.9 cm³/mol. The molecule has 0 saturated carbocycles. The van der Waals surface area contributed by atoms with Crippen molar-refractivity contribution in [1.29, 1.82) is 0 Å². The van der Waals surface area contributed by atoms with Gasteiger partial charge in [0.15, 0.2) is 0 Å². The van der Waals surface area contributed by atoms with Gasteiger partial charge in [-0.25, -0.2) is 0 Å². The van der Waals surface area contributed by atoms with Gasteiger partial charge in [0.2, 0.25) is 0 Å². The van der Waals surface area contributed by atoms with Gasteiger partial charge < -0.3 is 0 Å². The molecule has 0 aliphatic heterocycles. The number of hydrogen-bond donors (Lipinski definition) is 0. The Labute approximate surface area is 77.8 Å². The van der Waals surface area contributed by atoms with Crippen LogP contribution in [-0.4, -0.2) is 0 Å². The van der Waals surface area contributed by atoms with Gasteiger partial charge in [-0.1, -0.05) is 46.5 Å². The second-order valence-corrected chi connectivity index (χ2v) is 3.96. The Morgan fingerprint density at radius 1 is 1.17 bits per heavy atom. The third kappa shape index (κ3) is 2.55. The van der Waals surface area contributed by atoms with Crippen molar-refractivity contribution >= 4 is 0 Å². The summed E-state index contributed by atoms with van der Waals surface area (Å²) in [6, 6.07) is 0. The SMILES string of the molecule is C#CC(CCC)(CCC)C(C)C. The van der Waals surface area contributed by atoms with Gasteiger partial charge in [0.25, 0.3) is 0 Å². The number of rotatable bonds is 5. The minimum Gasteiger partial charge on any atom is -0.120 e. The maximum absolute atomic E-state index is 5.63. The summed E-state index contributed by atoms with van der Waals surface area (Å²) >= 11 is 0. The molecular weight excluding hydrogens is 144 g/mol. The molecule has 0 radical (unpaired) electrons. The average molecular weight is 166 g/mol. The van der Waals surface area contributed by atoms with Crippen molar-refractivity contribution < 1.29 is 0 Å². The topological polar surface area (TPSA) is 0 Å². The van der Waals surface area contributed by atoms with Crippen LogP contribution in [0, 0.1) is 23.7 Å². The van der Waals surface area contributed by atoms with E-state index in [1.54, 1.807) is 0 Å². The maximum Gasteiger partial charge on any atom is 0.0334 e. The fourth-order valence-electron chi connectivity index (χ4n) is 1.91. The van der Waals surface area contributed by atoms with E-state index in [-0.39, 0.29) is 5.41 Å². The van der Waals surface area contributed by atoms with E-state index >= 15 is 0 Å². The normalized spacial score (nSPS) is 11.7. The molecular formula is C12H22. The van der Waals surface area contributed by atoms with Crippen molar-refractivity contribution in [3.63, 3.8) is 0 Å². The van der Waals surface area contributed by atoms with E-state index in [1.807, 2.05) is 0 Å². The predicted octanol–water partition coefficient (Wildman–Crippen LogP) is 3.86. The van der Waals surface area contributed by atoms with E-state index in [4.69, 9.17) is 6.42 Å². The van der Waals surface area contributed by atoms with Gasteiger partial charge in [-0.2, -0.15) is 0 Å². The molecule has 0 amide bonds. The van der Waals surface area contributed by atoms with E-state index in [2.05, 4.69) is 33.6 Å². The summed E-state index contributed by atoms with van der Waals surface area (Å²) in [6.07, 6.45) is 10.4. The van der Waals surface area contributed by atoms with Crippen molar-refractivity contribution in [2.45, 2.75) is 53.4 Å². The van der Waals surface area contributed by atoms with Crippen LogP contribution in [-0.2, 0) is 0 Å². The van der Waals surface area contributed by atoms with Crippen molar-refractivity contribution in [3.8, 4) is 12.3 Å². The van der Waals surface area contributed by atoms with Crippen LogP contribution in [0.25, 0.3) is 0 Å². The monoisotopic (exact) mass is 166 g/mol. The molecule has 0 aliphatic carbocycles. The molecule has 0 aliphatic rings. The summed E-state index contributed by atoms with van der Waals surface area (Å²) in [5, 5.41) is 0. The highest BCUT2D eigenvalue weighted by Gasteiger charge is 2.29. The minimum absolute atomic E-state index is 0.170. The molecule has 70 valence electrons. The lowest BCUT2D eigenvalue weighted by atomic mass is 9.71. The molecule has 0 aromatic rings. The van der Waals surface area contributed by atoms with Gasteiger partial charge in [-0.15, -0.1) is 6.42 Å². The van der Waals surface area contributed by atoms with Crippen molar-refractivity contribution in [2.75, 3.05) is 0 Å². The standard InChI is InChI=1S/C12H22/c1-6-9-12(8-3,10-7-2)11(4)5/h3,11H,6-7,9-10H2,1-2,4-5H3. The van der Waals surface area contributed by atoms with Gasteiger partial charge in [0, 0.05) is 5.41 Å². The highest BCUT2D eigenvalue weighted by molar-refractivity contribution is 5.06. The van der Waals surface area contributed by atoms with Crippen molar-refractivity contribution in [1.82, 2.24) is 0 Å². The first-order valence-electron chi connectivity index (χ1n) is 5.10. The first kappa shape index (κ1) is 11.6. The van der Waals surface area contributed by atoms with E-state index in [0.29, 0.717) is 5.92 Å². The molecule has 0 saturated heterocycles. The Bertz CT molecular complexity index is 142. The Balaban J connectivity index is 4.42. The summed E-state index contributed by atoms with van der Waals surface area (Å²) in [5.74, 6) is 3.63. The molecule has 0 heteroatoms. The number of hydrogen-bond acceptors (Lipinski definition) is 0. The molecule has 0 aromatic heterocycles. The largest absolute Gasteiger partial charge is 0.120 e. The zero-order chi connectivity index (χ0) is 9.61. The fourth-order valence-corrected chi connectivity index (χ4v) is 1.91. The highest BCUT2D eigenvalue weighted by Crippen LogP contribution is 2.36. The summed E-state index contributed by atoms with van der Waals surface area (Å²) in [4.78, 5) is 0. The maximum atomic E-state index is 5.63. The first-order valence-corrected chi connectivity index (χ1v) is 5.10. The number of terminal acetylenes is 1. The fraction of sp³-hybridized carbons (Fsp3) is 0.833. The summed E-state index contributed by atoms with van der Waals surface area (Å²) < 4.78 is 0. The van der Waals surface area contributed by atoms with Crippen LogP contribution in [0.2, 0.25) is 0 Å². The molecule has 0 fully saturated rings. The third-order valence-electron chi connectivity index (χ3n) is 2.78. The molecule has 0 nitrogen and oxygen atoms in total. The molecule has 0 bridgehead atoms. The lowest BCUT2D eigenvalue weighted by Gasteiger charge is -2.32. The van der Waals surface area contributed by atoms with Crippen LogP contribution >= 0.6 is 0 Å². The molecule has 0 aromatic carbocycles. The van der Waals surface area contributed by atoms with Gasteiger partial charge >= 0.3 is 0 Å². The molecule has 0 N–H and O–H groups in total. The second-order valence-electron chi connectivity index (χ2n) is 3.96. The van der Waals surface area contributed by atoms with Crippen LogP contribution in [0.15, 0.2) is 0 Å². The lowest BCUT2D eigenvalue weighted by molar-refractivity contribution is 0.235. The smallest absolute Gasteiger partial charge is 0.0334 e. The quantitative estimate of drug-likeness (QED) is 0.544. The molecule has 0 atom stereocenters. The van der Waals surface area contributed by atoms with Gasteiger partial charge in [-0.3, -0.25) is 0 Å². The zero-order valence-electron chi connectivity index (χ0n) is 8.98. The molecule has 0 unspecified atom stereocenters. The summed E-state index contributed by atoms with van der Waals surface area (Å²) in [5.41, 5.74) is 0.170. The highest BCUT2D eigenvalue weighted by atomic mass is 14.3. The third-order valence-corrected chi connectivity index (χ3v) is 2.78. The molecule has 0 rings (SSSR count). The van der Waals surface area contributed by atoms with Crippen LogP contribution < -0.4 is 0 Å². The first-order chi connectivity index (χ1) is 5.63.